The van der Waals surface area contributed by atoms with Gasteiger partial charge in [-0.15, -0.1) is 0 Å². The highest BCUT2D eigenvalue weighted by atomic mass is 14.6. The van der Waals surface area contributed by atoms with Crippen LogP contribution in [0.5, 0.6) is 0 Å². The van der Waals surface area contributed by atoms with Crippen molar-refractivity contribution in [1.82, 2.24) is 0 Å². The monoisotopic (exact) mass is 233 g/mol. The first-order chi connectivity index (χ1) is 7.91. The van der Waals surface area contributed by atoms with Gasteiger partial charge in [-0.25, -0.2) is 0 Å². The molecule has 0 saturated carbocycles. The minimum atomic E-state index is 0.203. The van der Waals surface area contributed by atoms with Crippen LogP contribution in [0.2, 0.25) is 0 Å². The molecule has 1 aromatic carbocycles. The van der Waals surface area contributed by atoms with Gasteiger partial charge in [-0.1, -0.05) is 44.4 Å². The average molecular weight is 233 g/mol. The second-order valence-electron chi connectivity index (χ2n) is 5.74. The van der Waals surface area contributed by atoms with Gasteiger partial charge >= 0.3 is 0 Å². The molecule has 0 fully saturated rings. The van der Waals surface area contributed by atoms with E-state index in [1.807, 2.05) is 0 Å². The van der Waals surface area contributed by atoms with Crippen LogP contribution >= 0.6 is 0 Å². The maximum Gasteiger partial charge on any atom is 0.0300 e. The van der Waals surface area contributed by atoms with Crippen LogP contribution in [-0.2, 0) is 0 Å². The largest absolute Gasteiger partial charge is 0.324 e. The van der Waals surface area contributed by atoms with Gasteiger partial charge in [0.05, 0.1) is 0 Å². The van der Waals surface area contributed by atoms with Crippen LogP contribution in [-0.4, -0.2) is 0 Å². The fourth-order valence-corrected chi connectivity index (χ4v) is 2.67. The Balaban J connectivity index is 2.72. The Bertz CT molecular complexity index is 343. The number of hydrogen-bond acceptors (Lipinski definition) is 1. The molecule has 0 saturated heterocycles. The van der Waals surface area contributed by atoms with Crippen LogP contribution in [0.25, 0.3) is 0 Å². The molecule has 0 aliphatic rings. The van der Waals surface area contributed by atoms with Gasteiger partial charge in [0.2, 0.25) is 0 Å². The van der Waals surface area contributed by atoms with E-state index in [1.165, 1.54) is 35.1 Å². The summed E-state index contributed by atoms with van der Waals surface area (Å²) in [6, 6.07) is 4.68. The number of nitrogens with two attached hydrogens (primary N) is 1. The van der Waals surface area contributed by atoms with E-state index in [4.69, 9.17) is 5.73 Å². The van der Waals surface area contributed by atoms with Crippen molar-refractivity contribution in [2.24, 2.45) is 11.7 Å². The molecular formula is C16H27N. The third kappa shape index (κ3) is 4.16. The third-order valence-electron chi connectivity index (χ3n) is 3.41. The molecule has 96 valence electrons. The Hall–Kier alpha value is -0.820. The van der Waals surface area contributed by atoms with Gasteiger partial charge in [-0.2, -0.15) is 0 Å². The van der Waals surface area contributed by atoms with E-state index in [-0.39, 0.29) is 6.04 Å². The SMILES string of the molecule is Cc1cc(C)c(C(N)CCCC(C)C)c(C)c1. The molecule has 0 aromatic heterocycles. The normalized spacial score (nSPS) is 13.1. The Morgan fingerprint density at radius 1 is 1.00 bits per heavy atom. The van der Waals surface area contributed by atoms with Gasteiger partial charge in [0.1, 0.15) is 0 Å². The van der Waals surface area contributed by atoms with Crippen LogP contribution in [0.4, 0.5) is 0 Å². The molecular weight excluding hydrogens is 206 g/mol. The number of rotatable bonds is 5. The molecule has 0 bridgehead atoms. The summed E-state index contributed by atoms with van der Waals surface area (Å²) in [4.78, 5) is 0. The third-order valence-corrected chi connectivity index (χ3v) is 3.41. The number of benzene rings is 1. The quantitative estimate of drug-likeness (QED) is 0.799. The van der Waals surface area contributed by atoms with Gasteiger partial charge in [0.25, 0.3) is 0 Å². The number of hydrogen-bond donors (Lipinski definition) is 1. The van der Waals surface area contributed by atoms with Crippen LogP contribution in [0.1, 0.15) is 61.4 Å². The molecule has 0 spiro atoms. The minimum Gasteiger partial charge on any atom is -0.324 e. The van der Waals surface area contributed by atoms with Crippen LogP contribution < -0.4 is 5.73 Å². The summed E-state index contributed by atoms with van der Waals surface area (Å²) in [5, 5.41) is 0. The minimum absolute atomic E-state index is 0.203. The molecule has 0 radical (unpaired) electrons. The Labute approximate surface area is 106 Å². The highest BCUT2D eigenvalue weighted by Crippen LogP contribution is 2.26. The highest BCUT2D eigenvalue weighted by Gasteiger charge is 2.12. The zero-order valence-corrected chi connectivity index (χ0v) is 12.0. The first-order valence-corrected chi connectivity index (χ1v) is 6.75. The summed E-state index contributed by atoms with van der Waals surface area (Å²) >= 11 is 0. The van der Waals surface area contributed by atoms with Crippen molar-refractivity contribution < 1.29 is 0 Å². The van der Waals surface area contributed by atoms with Gasteiger partial charge in [0.15, 0.2) is 0 Å². The molecule has 1 heteroatoms. The van der Waals surface area contributed by atoms with Gasteiger partial charge in [0, 0.05) is 6.04 Å². The second kappa shape index (κ2) is 6.20. The lowest BCUT2D eigenvalue weighted by Crippen LogP contribution is -2.14. The molecule has 0 amide bonds. The Kier molecular flexibility index (Phi) is 5.20. The van der Waals surface area contributed by atoms with Crippen molar-refractivity contribution in [2.75, 3.05) is 0 Å². The molecule has 1 nitrogen and oxygen atoms in total. The summed E-state index contributed by atoms with van der Waals surface area (Å²) in [5.74, 6) is 0.780. The van der Waals surface area contributed by atoms with Crippen molar-refractivity contribution in [2.45, 2.75) is 59.9 Å². The molecule has 1 aromatic rings. The fraction of sp³-hybridized carbons (Fsp3) is 0.625. The first-order valence-electron chi connectivity index (χ1n) is 6.75. The molecule has 0 aliphatic heterocycles. The van der Waals surface area contributed by atoms with Crippen molar-refractivity contribution in [3.63, 3.8) is 0 Å². The standard InChI is InChI=1S/C16H27N/c1-11(2)7-6-8-15(17)16-13(4)9-12(3)10-14(16)5/h9-11,15H,6-8,17H2,1-5H3. The van der Waals surface area contributed by atoms with Crippen molar-refractivity contribution in [3.8, 4) is 0 Å². The van der Waals surface area contributed by atoms with Crippen LogP contribution in [0, 0.1) is 26.7 Å². The average Bonchev–Trinajstić information content (AvgIpc) is 2.14. The summed E-state index contributed by atoms with van der Waals surface area (Å²) in [6.07, 6.45) is 3.60. The molecule has 1 atom stereocenters. The summed E-state index contributed by atoms with van der Waals surface area (Å²) < 4.78 is 0. The van der Waals surface area contributed by atoms with E-state index in [9.17, 15) is 0 Å². The maximum absolute atomic E-state index is 6.33. The smallest absolute Gasteiger partial charge is 0.0300 e. The Morgan fingerprint density at radius 3 is 2.00 bits per heavy atom. The molecule has 17 heavy (non-hydrogen) atoms. The Morgan fingerprint density at radius 2 is 1.53 bits per heavy atom. The number of aryl methyl sites for hydroxylation is 3. The summed E-state index contributed by atoms with van der Waals surface area (Å²) in [6.45, 7) is 11.0. The molecule has 1 unspecified atom stereocenters. The predicted molar refractivity (Wildman–Crippen MR) is 76.3 cm³/mol. The van der Waals surface area contributed by atoms with Gasteiger partial charge in [-0.05, 0) is 49.8 Å². The summed E-state index contributed by atoms with van der Waals surface area (Å²) in [7, 11) is 0. The zero-order valence-electron chi connectivity index (χ0n) is 12.0. The lowest BCUT2D eigenvalue weighted by molar-refractivity contribution is 0.504. The molecule has 0 aliphatic carbocycles. The van der Waals surface area contributed by atoms with E-state index < -0.39 is 0 Å². The lowest BCUT2D eigenvalue weighted by atomic mass is 9.91. The maximum atomic E-state index is 6.33. The second-order valence-corrected chi connectivity index (χ2v) is 5.74. The van der Waals surface area contributed by atoms with Crippen molar-refractivity contribution in [3.05, 3.63) is 34.4 Å². The van der Waals surface area contributed by atoms with Gasteiger partial charge in [-0.3, -0.25) is 0 Å². The van der Waals surface area contributed by atoms with E-state index in [0.717, 1.165) is 12.3 Å². The van der Waals surface area contributed by atoms with Crippen molar-refractivity contribution in [1.29, 1.82) is 0 Å². The van der Waals surface area contributed by atoms with Crippen molar-refractivity contribution >= 4 is 0 Å². The van der Waals surface area contributed by atoms with E-state index in [0.29, 0.717) is 0 Å². The first kappa shape index (κ1) is 14.2. The molecule has 1 rings (SSSR count). The fourth-order valence-electron chi connectivity index (χ4n) is 2.67. The lowest BCUT2D eigenvalue weighted by Gasteiger charge is -2.18. The van der Waals surface area contributed by atoms with Gasteiger partial charge < -0.3 is 5.73 Å². The van der Waals surface area contributed by atoms with Crippen LogP contribution in [0.15, 0.2) is 12.1 Å². The zero-order chi connectivity index (χ0) is 13.0. The summed E-state index contributed by atoms with van der Waals surface area (Å²) in [5.41, 5.74) is 11.7. The van der Waals surface area contributed by atoms with E-state index in [2.05, 4.69) is 46.8 Å². The van der Waals surface area contributed by atoms with E-state index >= 15 is 0 Å². The highest BCUT2D eigenvalue weighted by molar-refractivity contribution is 5.39. The van der Waals surface area contributed by atoms with E-state index in [1.54, 1.807) is 0 Å². The topological polar surface area (TPSA) is 26.0 Å². The molecule has 0 heterocycles. The predicted octanol–water partition coefficient (Wildman–Crippen LogP) is 4.44. The molecule has 2 N–H and O–H groups in total. The van der Waals surface area contributed by atoms with Crippen LogP contribution in [0.3, 0.4) is 0 Å².